The Bertz CT molecular complexity index is 928. The Hall–Kier alpha value is -2.26. The summed E-state index contributed by atoms with van der Waals surface area (Å²) < 4.78 is 64.5. The Kier molecular flexibility index (Phi) is 5.09. The highest BCUT2D eigenvalue weighted by molar-refractivity contribution is 7.89. The van der Waals surface area contributed by atoms with Crippen molar-refractivity contribution in [2.24, 2.45) is 0 Å². The van der Waals surface area contributed by atoms with Crippen molar-refractivity contribution in [3.63, 3.8) is 0 Å². The van der Waals surface area contributed by atoms with Crippen molar-refractivity contribution in [1.82, 2.24) is 4.72 Å². The van der Waals surface area contributed by atoms with Gasteiger partial charge in [0.2, 0.25) is 10.0 Å². The summed E-state index contributed by atoms with van der Waals surface area (Å²) >= 11 is 0. The lowest BCUT2D eigenvalue weighted by Crippen LogP contribution is -2.39. The van der Waals surface area contributed by atoms with E-state index in [-0.39, 0.29) is 4.90 Å². The number of nitrogens with zero attached hydrogens (tertiary/aromatic N) is 2. The summed E-state index contributed by atoms with van der Waals surface area (Å²) in [4.78, 5) is 4.17. The molecule has 9 heteroatoms. The van der Waals surface area contributed by atoms with Gasteiger partial charge in [0.05, 0.1) is 21.8 Å². The molecule has 0 amide bonds. The first-order valence-corrected chi connectivity index (χ1v) is 9.80. The van der Waals surface area contributed by atoms with Crippen molar-refractivity contribution in [2.75, 3.05) is 37.0 Å². The molecule has 0 atom stereocenters. The van der Waals surface area contributed by atoms with E-state index in [0.29, 0.717) is 19.6 Å². The molecule has 0 saturated heterocycles. The lowest BCUT2D eigenvalue weighted by molar-refractivity contribution is -0.137. The highest BCUT2D eigenvalue weighted by Crippen LogP contribution is 2.35. The molecule has 2 aromatic carbocycles. The van der Waals surface area contributed by atoms with E-state index >= 15 is 0 Å². The molecule has 0 aliphatic carbocycles. The quantitative estimate of drug-likeness (QED) is 0.859. The SMILES string of the molecule is CNS(=O)(=O)c1ccc2c(c1)N(C)CCN2Cc1ccc(C(F)(F)F)cc1. The Balaban J connectivity index is 1.88. The summed E-state index contributed by atoms with van der Waals surface area (Å²) in [5.41, 5.74) is 1.69. The fraction of sp³-hybridized carbons (Fsp3) is 0.333. The van der Waals surface area contributed by atoms with Crippen LogP contribution in [0.25, 0.3) is 0 Å². The zero-order valence-electron chi connectivity index (χ0n) is 14.9. The monoisotopic (exact) mass is 399 g/mol. The molecule has 1 aliphatic heterocycles. The summed E-state index contributed by atoms with van der Waals surface area (Å²) in [5.74, 6) is 0. The van der Waals surface area contributed by atoms with Gasteiger partial charge in [0.25, 0.3) is 0 Å². The van der Waals surface area contributed by atoms with Gasteiger partial charge < -0.3 is 9.80 Å². The molecule has 146 valence electrons. The molecule has 2 aromatic rings. The van der Waals surface area contributed by atoms with Crippen molar-refractivity contribution in [3.8, 4) is 0 Å². The van der Waals surface area contributed by atoms with Gasteiger partial charge in [0.1, 0.15) is 0 Å². The molecule has 1 aliphatic rings. The molecule has 27 heavy (non-hydrogen) atoms. The Morgan fingerprint density at radius 2 is 1.70 bits per heavy atom. The summed E-state index contributed by atoms with van der Waals surface area (Å²) in [6.45, 7) is 1.80. The number of hydrogen-bond acceptors (Lipinski definition) is 4. The predicted octanol–water partition coefficient (Wildman–Crippen LogP) is 3.07. The van der Waals surface area contributed by atoms with Crippen LogP contribution in [-0.4, -0.2) is 35.6 Å². The standard InChI is InChI=1S/C18H20F3N3O2S/c1-22-27(25,26)15-7-8-16-17(11-15)23(2)9-10-24(16)12-13-3-5-14(6-4-13)18(19,20)21/h3-8,11,22H,9-10,12H2,1-2H3. The molecule has 0 bridgehead atoms. The number of rotatable bonds is 4. The number of halogens is 3. The molecule has 0 radical (unpaired) electrons. The van der Waals surface area contributed by atoms with Crippen LogP contribution in [0.5, 0.6) is 0 Å². The van der Waals surface area contributed by atoms with E-state index in [2.05, 4.69) is 4.72 Å². The van der Waals surface area contributed by atoms with Gasteiger partial charge in [0, 0.05) is 26.7 Å². The summed E-state index contributed by atoms with van der Waals surface area (Å²) in [6, 6.07) is 9.98. The fourth-order valence-electron chi connectivity index (χ4n) is 3.06. The van der Waals surface area contributed by atoms with Gasteiger partial charge in [-0.3, -0.25) is 0 Å². The lowest BCUT2D eigenvalue weighted by Gasteiger charge is -2.37. The summed E-state index contributed by atoms with van der Waals surface area (Å²) in [5, 5.41) is 0. The first kappa shape index (κ1) is 19.5. The third kappa shape index (κ3) is 4.03. The van der Waals surface area contributed by atoms with Gasteiger partial charge in [-0.1, -0.05) is 12.1 Å². The molecule has 0 aromatic heterocycles. The lowest BCUT2D eigenvalue weighted by atomic mass is 10.1. The van der Waals surface area contributed by atoms with Crippen LogP contribution in [0, 0.1) is 0 Å². The topological polar surface area (TPSA) is 52.7 Å². The van der Waals surface area contributed by atoms with Crippen LogP contribution in [0.3, 0.4) is 0 Å². The maximum atomic E-state index is 12.7. The fourth-order valence-corrected chi connectivity index (χ4v) is 3.81. The minimum atomic E-state index is -4.35. The maximum absolute atomic E-state index is 12.7. The smallest absolute Gasteiger partial charge is 0.371 e. The molecule has 5 nitrogen and oxygen atoms in total. The summed E-state index contributed by atoms with van der Waals surface area (Å²) in [7, 11) is -0.316. The Morgan fingerprint density at radius 3 is 2.30 bits per heavy atom. The van der Waals surface area contributed by atoms with Gasteiger partial charge in [-0.15, -0.1) is 0 Å². The van der Waals surface area contributed by atoms with Crippen molar-refractivity contribution in [1.29, 1.82) is 0 Å². The predicted molar refractivity (Wildman–Crippen MR) is 98.5 cm³/mol. The van der Waals surface area contributed by atoms with Gasteiger partial charge >= 0.3 is 6.18 Å². The van der Waals surface area contributed by atoms with Gasteiger partial charge in [0.15, 0.2) is 0 Å². The maximum Gasteiger partial charge on any atom is 0.416 e. The minimum Gasteiger partial charge on any atom is -0.371 e. The average Bonchev–Trinajstić information content (AvgIpc) is 2.63. The Morgan fingerprint density at radius 1 is 1.04 bits per heavy atom. The van der Waals surface area contributed by atoms with Crippen LogP contribution in [0.1, 0.15) is 11.1 Å². The van der Waals surface area contributed by atoms with Crippen molar-refractivity contribution in [2.45, 2.75) is 17.6 Å². The molecule has 0 fully saturated rings. The van der Waals surface area contributed by atoms with Crippen LogP contribution in [0.2, 0.25) is 0 Å². The van der Waals surface area contributed by atoms with Crippen LogP contribution in [-0.2, 0) is 22.7 Å². The second kappa shape index (κ2) is 7.05. The zero-order valence-corrected chi connectivity index (χ0v) is 15.7. The molecule has 1 N–H and O–H groups in total. The highest BCUT2D eigenvalue weighted by atomic mass is 32.2. The number of fused-ring (bicyclic) bond motifs is 1. The highest BCUT2D eigenvalue weighted by Gasteiger charge is 2.30. The third-order valence-electron chi connectivity index (χ3n) is 4.64. The number of alkyl halides is 3. The van der Waals surface area contributed by atoms with E-state index < -0.39 is 21.8 Å². The zero-order chi connectivity index (χ0) is 19.8. The largest absolute Gasteiger partial charge is 0.416 e. The van der Waals surface area contributed by atoms with E-state index in [9.17, 15) is 21.6 Å². The number of likely N-dealkylation sites (N-methyl/N-ethyl adjacent to an activating group) is 1. The van der Waals surface area contributed by atoms with Gasteiger partial charge in [-0.2, -0.15) is 13.2 Å². The van der Waals surface area contributed by atoms with E-state index in [0.717, 1.165) is 29.1 Å². The molecule has 0 saturated carbocycles. The van der Waals surface area contributed by atoms with Gasteiger partial charge in [-0.25, -0.2) is 13.1 Å². The van der Waals surface area contributed by atoms with Crippen LogP contribution in [0.4, 0.5) is 24.5 Å². The van der Waals surface area contributed by atoms with Gasteiger partial charge in [-0.05, 0) is 42.9 Å². The summed E-state index contributed by atoms with van der Waals surface area (Å²) in [6.07, 6.45) is -4.35. The molecule has 3 rings (SSSR count). The van der Waals surface area contributed by atoms with Crippen LogP contribution < -0.4 is 14.5 Å². The van der Waals surface area contributed by atoms with Crippen molar-refractivity contribution >= 4 is 21.4 Å². The van der Waals surface area contributed by atoms with E-state index in [1.807, 2.05) is 16.8 Å². The minimum absolute atomic E-state index is 0.173. The number of hydrogen-bond donors (Lipinski definition) is 1. The normalized spacial score (nSPS) is 15.0. The van der Waals surface area contributed by atoms with E-state index in [4.69, 9.17) is 0 Å². The van der Waals surface area contributed by atoms with E-state index in [1.54, 1.807) is 12.1 Å². The first-order valence-electron chi connectivity index (χ1n) is 8.31. The molecular formula is C18H20F3N3O2S. The average molecular weight is 399 g/mol. The molecule has 0 spiro atoms. The molecule has 0 unspecified atom stereocenters. The second-order valence-electron chi connectivity index (χ2n) is 6.40. The van der Waals surface area contributed by atoms with Crippen LogP contribution >= 0.6 is 0 Å². The second-order valence-corrected chi connectivity index (χ2v) is 8.28. The first-order chi connectivity index (χ1) is 12.6. The number of sulfonamides is 1. The number of anilines is 2. The molecule has 1 heterocycles. The number of nitrogens with one attached hydrogen (secondary N) is 1. The van der Waals surface area contributed by atoms with E-state index in [1.165, 1.54) is 25.2 Å². The molecular weight excluding hydrogens is 379 g/mol. The Labute approximate surface area is 156 Å². The number of benzene rings is 2. The third-order valence-corrected chi connectivity index (χ3v) is 6.05. The van der Waals surface area contributed by atoms with Crippen LogP contribution in [0.15, 0.2) is 47.4 Å². The van der Waals surface area contributed by atoms with Crippen molar-refractivity contribution < 1.29 is 21.6 Å². The van der Waals surface area contributed by atoms with Crippen molar-refractivity contribution in [3.05, 3.63) is 53.6 Å².